The number of methoxy groups -OCH3 is 1. The van der Waals surface area contributed by atoms with Crippen LogP contribution in [-0.2, 0) is 11.4 Å². The van der Waals surface area contributed by atoms with Crippen molar-refractivity contribution in [3.05, 3.63) is 105 Å². The largest absolute Gasteiger partial charge is 0.497 e. The SMILES string of the molecule is COc1ccc(N=C2NC(=O)/C(=C\c3c(OCc4ccc(Cl)cc4Cl)ccc4ccccc34)S2)cc1. The van der Waals surface area contributed by atoms with E-state index in [1.54, 1.807) is 19.2 Å². The van der Waals surface area contributed by atoms with Crippen molar-refractivity contribution in [3.63, 3.8) is 0 Å². The molecule has 1 aliphatic rings. The van der Waals surface area contributed by atoms with E-state index in [9.17, 15) is 4.79 Å². The monoisotopic (exact) mass is 534 g/mol. The summed E-state index contributed by atoms with van der Waals surface area (Å²) in [5.74, 6) is 1.17. The molecule has 1 N–H and O–H groups in total. The lowest BCUT2D eigenvalue weighted by atomic mass is 10.0. The molecule has 1 fully saturated rings. The van der Waals surface area contributed by atoms with Gasteiger partial charge in [0.25, 0.3) is 5.91 Å². The van der Waals surface area contributed by atoms with Gasteiger partial charge >= 0.3 is 0 Å². The number of halogens is 2. The molecule has 4 aromatic rings. The maximum atomic E-state index is 12.8. The molecule has 0 aromatic heterocycles. The third kappa shape index (κ3) is 5.36. The fourth-order valence-electron chi connectivity index (χ4n) is 3.73. The van der Waals surface area contributed by atoms with Gasteiger partial charge in [-0.3, -0.25) is 4.79 Å². The number of hydrogen-bond acceptors (Lipinski definition) is 5. The van der Waals surface area contributed by atoms with Gasteiger partial charge in [-0.1, -0.05) is 59.6 Å². The summed E-state index contributed by atoms with van der Waals surface area (Å²) in [7, 11) is 1.61. The summed E-state index contributed by atoms with van der Waals surface area (Å²) >= 11 is 13.6. The highest BCUT2D eigenvalue weighted by atomic mass is 35.5. The number of hydrogen-bond donors (Lipinski definition) is 1. The van der Waals surface area contributed by atoms with E-state index in [0.717, 1.165) is 27.6 Å². The molecular formula is C28H20Cl2N2O3S. The predicted molar refractivity (Wildman–Crippen MR) is 149 cm³/mol. The Morgan fingerprint density at radius 1 is 1.00 bits per heavy atom. The number of amides is 1. The summed E-state index contributed by atoms with van der Waals surface area (Å²) in [4.78, 5) is 17.9. The molecule has 36 heavy (non-hydrogen) atoms. The second-order valence-corrected chi connectivity index (χ2v) is 9.78. The number of aliphatic imine (C=N–C) groups is 1. The van der Waals surface area contributed by atoms with Crippen LogP contribution >= 0.6 is 35.0 Å². The molecule has 5 rings (SSSR count). The van der Waals surface area contributed by atoms with Crippen molar-refractivity contribution in [1.82, 2.24) is 5.32 Å². The van der Waals surface area contributed by atoms with E-state index >= 15 is 0 Å². The van der Waals surface area contributed by atoms with Gasteiger partial charge in [-0.15, -0.1) is 0 Å². The molecule has 4 aromatic carbocycles. The van der Waals surface area contributed by atoms with Crippen LogP contribution in [0, 0.1) is 0 Å². The number of carbonyl (C=O) groups is 1. The highest BCUT2D eigenvalue weighted by molar-refractivity contribution is 8.18. The summed E-state index contributed by atoms with van der Waals surface area (Å²) < 4.78 is 11.4. The Kier molecular flexibility index (Phi) is 7.18. The van der Waals surface area contributed by atoms with E-state index in [4.69, 9.17) is 32.7 Å². The summed E-state index contributed by atoms with van der Waals surface area (Å²) in [6, 6.07) is 24.5. The molecule has 0 aliphatic carbocycles. The summed E-state index contributed by atoms with van der Waals surface area (Å²) in [5, 5.41) is 6.46. The van der Waals surface area contributed by atoms with E-state index in [0.29, 0.717) is 31.6 Å². The third-order valence-corrected chi connectivity index (χ3v) is 7.06. The predicted octanol–water partition coefficient (Wildman–Crippen LogP) is 7.63. The highest BCUT2D eigenvalue weighted by Crippen LogP contribution is 2.35. The van der Waals surface area contributed by atoms with E-state index < -0.39 is 0 Å². The van der Waals surface area contributed by atoms with Gasteiger partial charge < -0.3 is 14.8 Å². The molecule has 180 valence electrons. The molecule has 0 spiro atoms. The van der Waals surface area contributed by atoms with Gasteiger partial charge in [-0.25, -0.2) is 4.99 Å². The Labute approximate surface area is 222 Å². The van der Waals surface area contributed by atoms with Gasteiger partial charge in [0.05, 0.1) is 17.7 Å². The Balaban J connectivity index is 1.47. The number of fused-ring (bicyclic) bond motifs is 1. The summed E-state index contributed by atoms with van der Waals surface area (Å²) in [5.41, 5.74) is 2.34. The standard InChI is InChI=1S/C28H20Cl2N2O3S/c1-34-21-11-9-20(10-12-21)31-28-32-27(33)26(36-28)15-23-22-5-3-2-4-17(22)7-13-25(23)35-16-18-6-8-19(29)14-24(18)30/h2-15H,16H2,1H3,(H,31,32,33)/b26-15+. The maximum Gasteiger partial charge on any atom is 0.264 e. The van der Waals surface area contributed by atoms with Crippen molar-refractivity contribution in [1.29, 1.82) is 0 Å². The van der Waals surface area contributed by atoms with Crippen molar-refractivity contribution < 1.29 is 14.3 Å². The molecule has 8 heteroatoms. The normalized spacial score (nSPS) is 15.5. The van der Waals surface area contributed by atoms with Crippen LogP contribution in [0.4, 0.5) is 5.69 Å². The molecule has 1 amide bonds. The number of amidine groups is 1. The Morgan fingerprint density at radius 2 is 1.81 bits per heavy atom. The van der Waals surface area contributed by atoms with Crippen LogP contribution in [0.1, 0.15) is 11.1 Å². The van der Waals surface area contributed by atoms with Crippen LogP contribution in [0.3, 0.4) is 0 Å². The van der Waals surface area contributed by atoms with Crippen molar-refractivity contribution in [3.8, 4) is 11.5 Å². The van der Waals surface area contributed by atoms with Crippen LogP contribution in [0.15, 0.2) is 88.8 Å². The molecule has 1 aliphatic heterocycles. The summed E-state index contributed by atoms with van der Waals surface area (Å²) in [6.45, 7) is 0.258. The number of rotatable bonds is 6. The van der Waals surface area contributed by atoms with E-state index in [2.05, 4.69) is 10.3 Å². The minimum absolute atomic E-state index is 0.216. The highest BCUT2D eigenvalue weighted by Gasteiger charge is 2.25. The van der Waals surface area contributed by atoms with Crippen molar-refractivity contribution >= 4 is 68.6 Å². The van der Waals surface area contributed by atoms with Crippen molar-refractivity contribution in [2.24, 2.45) is 4.99 Å². The van der Waals surface area contributed by atoms with Crippen LogP contribution < -0.4 is 14.8 Å². The molecule has 5 nitrogen and oxygen atoms in total. The van der Waals surface area contributed by atoms with Crippen LogP contribution in [0.2, 0.25) is 10.0 Å². The van der Waals surface area contributed by atoms with Gasteiger partial charge in [-0.05, 0) is 71.1 Å². The van der Waals surface area contributed by atoms with Gasteiger partial charge in [0, 0.05) is 21.2 Å². The minimum Gasteiger partial charge on any atom is -0.497 e. The third-order valence-electron chi connectivity index (χ3n) is 5.56. The quantitative estimate of drug-likeness (QED) is 0.258. The summed E-state index contributed by atoms with van der Waals surface area (Å²) in [6.07, 6.45) is 1.84. The van der Waals surface area contributed by atoms with E-state index in [1.165, 1.54) is 11.8 Å². The first-order valence-corrected chi connectivity index (χ1v) is 12.6. The molecule has 1 saturated heterocycles. The van der Waals surface area contributed by atoms with E-state index in [-0.39, 0.29) is 12.5 Å². The number of nitrogens with zero attached hydrogens (tertiary/aromatic N) is 1. The fourth-order valence-corrected chi connectivity index (χ4v) is 5.02. The first kappa shape index (κ1) is 24.3. The molecular weight excluding hydrogens is 515 g/mol. The molecule has 0 unspecified atom stereocenters. The van der Waals surface area contributed by atoms with Crippen LogP contribution in [0.25, 0.3) is 16.8 Å². The maximum absolute atomic E-state index is 12.8. The number of benzene rings is 4. The Morgan fingerprint density at radius 3 is 2.58 bits per heavy atom. The average Bonchev–Trinajstić information content (AvgIpc) is 3.23. The molecule has 1 heterocycles. The van der Waals surface area contributed by atoms with Gasteiger partial charge in [0.2, 0.25) is 0 Å². The molecule has 0 radical (unpaired) electrons. The Bertz CT molecular complexity index is 1520. The number of ether oxygens (including phenoxy) is 2. The fraction of sp³-hybridized carbons (Fsp3) is 0.0714. The molecule has 0 bridgehead atoms. The first-order valence-electron chi connectivity index (χ1n) is 11.0. The van der Waals surface area contributed by atoms with Gasteiger partial charge in [-0.2, -0.15) is 0 Å². The van der Waals surface area contributed by atoms with Crippen LogP contribution in [0.5, 0.6) is 11.5 Å². The zero-order valence-electron chi connectivity index (χ0n) is 19.1. The minimum atomic E-state index is -0.216. The second kappa shape index (κ2) is 10.7. The zero-order chi connectivity index (χ0) is 25.1. The zero-order valence-corrected chi connectivity index (χ0v) is 21.5. The van der Waals surface area contributed by atoms with Crippen molar-refractivity contribution in [2.75, 3.05) is 7.11 Å². The molecule has 0 saturated carbocycles. The van der Waals surface area contributed by atoms with Gasteiger partial charge in [0.1, 0.15) is 18.1 Å². The molecule has 0 atom stereocenters. The lowest BCUT2D eigenvalue weighted by Crippen LogP contribution is -2.19. The lowest BCUT2D eigenvalue weighted by molar-refractivity contribution is -0.115. The lowest BCUT2D eigenvalue weighted by Gasteiger charge is -2.13. The van der Waals surface area contributed by atoms with Crippen LogP contribution in [-0.4, -0.2) is 18.2 Å². The number of carbonyl (C=O) groups excluding carboxylic acids is 1. The number of nitrogens with one attached hydrogen (secondary N) is 1. The topological polar surface area (TPSA) is 59.9 Å². The second-order valence-electron chi connectivity index (χ2n) is 7.90. The van der Waals surface area contributed by atoms with Gasteiger partial charge in [0.15, 0.2) is 5.17 Å². The van der Waals surface area contributed by atoms with E-state index in [1.807, 2.05) is 72.8 Å². The first-order chi connectivity index (χ1) is 17.5. The number of thioether (sulfide) groups is 1. The van der Waals surface area contributed by atoms with Crippen molar-refractivity contribution in [2.45, 2.75) is 6.61 Å². The average molecular weight is 535 g/mol. The Hall–Kier alpha value is -3.45. The smallest absolute Gasteiger partial charge is 0.264 e.